The van der Waals surface area contributed by atoms with Crippen molar-refractivity contribution in [2.24, 2.45) is 0 Å². The minimum atomic E-state index is -0.877. The van der Waals surface area contributed by atoms with E-state index in [4.69, 9.17) is 9.84 Å². The third-order valence-corrected chi connectivity index (χ3v) is 6.31. The zero-order valence-electron chi connectivity index (χ0n) is 15.9. The molecule has 3 fully saturated rings. The number of carbonyl (C=O) groups is 1. The molecule has 2 aromatic carbocycles. The Bertz CT molecular complexity index is 846. The summed E-state index contributed by atoms with van der Waals surface area (Å²) in [4.78, 5) is 13.3. The van der Waals surface area contributed by atoms with Crippen LogP contribution in [0.25, 0.3) is 0 Å². The molecule has 2 saturated heterocycles. The number of hydrogen-bond donors (Lipinski definition) is 2. The van der Waals surface area contributed by atoms with Gasteiger partial charge >= 0.3 is 5.97 Å². The fourth-order valence-corrected chi connectivity index (χ4v) is 4.81. The van der Waals surface area contributed by atoms with Crippen molar-refractivity contribution in [3.05, 3.63) is 71.3 Å². The lowest BCUT2D eigenvalue weighted by Crippen LogP contribution is -2.61. The van der Waals surface area contributed by atoms with Crippen LogP contribution in [-0.4, -0.2) is 53.4 Å². The first-order valence-electron chi connectivity index (χ1n) is 10.1. The maximum Gasteiger partial charge on any atom is 0.335 e. The van der Waals surface area contributed by atoms with Crippen molar-refractivity contribution in [2.75, 3.05) is 19.7 Å². The molecule has 146 valence electrons. The highest BCUT2D eigenvalue weighted by molar-refractivity contribution is 5.87. The maximum absolute atomic E-state index is 11.0. The Morgan fingerprint density at radius 1 is 1.14 bits per heavy atom. The Kier molecular flexibility index (Phi) is 4.46. The standard InChI is InChI=1S/C23H26N2O3/c26-22(27)18-8-6-16(7-9-18)12-25-14-23(15-25)11-19(13-28-23)24-21-10-20(21)17-4-2-1-3-5-17/h1-9,19-21,24H,10-15H2,(H,26,27)/t19?,20-,21+/m0/s1. The number of ether oxygens (including phenoxy) is 1. The van der Waals surface area contributed by atoms with Gasteiger partial charge in [-0.15, -0.1) is 0 Å². The van der Waals surface area contributed by atoms with E-state index in [1.54, 1.807) is 12.1 Å². The molecule has 5 nitrogen and oxygen atoms in total. The Balaban J connectivity index is 1.08. The Labute approximate surface area is 165 Å². The smallest absolute Gasteiger partial charge is 0.335 e. The molecular formula is C23H26N2O3. The second-order valence-electron chi connectivity index (χ2n) is 8.57. The molecule has 1 unspecified atom stereocenters. The van der Waals surface area contributed by atoms with Crippen LogP contribution in [-0.2, 0) is 11.3 Å². The van der Waals surface area contributed by atoms with Gasteiger partial charge in [-0.2, -0.15) is 0 Å². The van der Waals surface area contributed by atoms with Crippen LogP contribution in [0, 0.1) is 0 Å². The molecule has 3 atom stereocenters. The quantitative estimate of drug-likeness (QED) is 0.809. The third kappa shape index (κ3) is 3.58. The van der Waals surface area contributed by atoms with Gasteiger partial charge < -0.3 is 15.2 Å². The van der Waals surface area contributed by atoms with Gasteiger partial charge in [0.15, 0.2) is 0 Å². The summed E-state index contributed by atoms with van der Waals surface area (Å²) in [6.45, 7) is 3.57. The summed E-state index contributed by atoms with van der Waals surface area (Å²) in [6, 6.07) is 19.0. The fourth-order valence-electron chi connectivity index (χ4n) is 4.81. The van der Waals surface area contributed by atoms with Gasteiger partial charge in [0.1, 0.15) is 0 Å². The molecule has 2 aliphatic heterocycles. The van der Waals surface area contributed by atoms with E-state index in [1.165, 1.54) is 12.0 Å². The minimum absolute atomic E-state index is 0.00973. The lowest BCUT2D eigenvalue weighted by Gasteiger charge is -2.47. The van der Waals surface area contributed by atoms with E-state index in [0.29, 0.717) is 23.6 Å². The molecule has 1 aliphatic carbocycles. The van der Waals surface area contributed by atoms with Crippen molar-refractivity contribution in [1.82, 2.24) is 10.2 Å². The normalized spacial score (nSPS) is 28.2. The molecule has 2 aromatic rings. The summed E-state index contributed by atoms with van der Waals surface area (Å²) >= 11 is 0. The van der Waals surface area contributed by atoms with E-state index in [2.05, 4.69) is 40.5 Å². The topological polar surface area (TPSA) is 61.8 Å². The molecule has 2 heterocycles. The van der Waals surface area contributed by atoms with Crippen LogP contribution in [0.5, 0.6) is 0 Å². The predicted molar refractivity (Wildman–Crippen MR) is 106 cm³/mol. The monoisotopic (exact) mass is 378 g/mol. The van der Waals surface area contributed by atoms with Crippen LogP contribution in [0.1, 0.15) is 40.2 Å². The summed E-state index contributed by atoms with van der Waals surface area (Å²) in [5.41, 5.74) is 2.94. The maximum atomic E-state index is 11.0. The molecule has 5 heteroatoms. The van der Waals surface area contributed by atoms with Crippen LogP contribution in [0.2, 0.25) is 0 Å². The summed E-state index contributed by atoms with van der Waals surface area (Å²) in [7, 11) is 0. The lowest BCUT2D eigenvalue weighted by atomic mass is 9.89. The molecule has 0 aromatic heterocycles. The number of rotatable bonds is 6. The fraction of sp³-hybridized carbons (Fsp3) is 0.435. The van der Waals surface area contributed by atoms with Gasteiger partial charge in [-0.3, -0.25) is 4.90 Å². The average Bonchev–Trinajstić information content (AvgIpc) is 3.32. The highest BCUT2D eigenvalue weighted by Gasteiger charge is 2.51. The average molecular weight is 378 g/mol. The molecule has 1 saturated carbocycles. The number of nitrogens with zero attached hydrogens (tertiary/aromatic N) is 1. The largest absolute Gasteiger partial charge is 0.478 e. The van der Waals surface area contributed by atoms with Gasteiger partial charge in [0, 0.05) is 37.6 Å². The number of hydrogen-bond acceptors (Lipinski definition) is 4. The molecule has 0 amide bonds. The van der Waals surface area contributed by atoms with Crippen molar-refractivity contribution >= 4 is 5.97 Å². The second-order valence-corrected chi connectivity index (χ2v) is 8.57. The number of aromatic carboxylic acids is 1. The first-order valence-corrected chi connectivity index (χ1v) is 10.1. The SMILES string of the molecule is O=C(O)c1ccc(CN2CC3(CC(N[C@@H]4C[C@H]4c4ccccc4)CO3)C2)cc1. The summed E-state index contributed by atoms with van der Waals surface area (Å²) in [5, 5.41) is 12.8. The number of likely N-dealkylation sites (tertiary alicyclic amines) is 1. The first kappa shape index (κ1) is 17.9. The van der Waals surface area contributed by atoms with Crippen LogP contribution >= 0.6 is 0 Å². The zero-order valence-corrected chi connectivity index (χ0v) is 15.9. The van der Waals surface area contributed by atoms with Crippen LogP contribution < -0.4 is 5.32 Å². The lowest BCUT2D eigenvalue weighted by molar-refractivity contribution is -0.114. The van der Waals surface area contributed by atoms with Gasteiger partial charge in [-0.25, -0.2) is 4.79 Å². The molecule has 0 radical (unpaired) electrons. The van der Waals surface area contributed by atoms with E-state index in [0.717, 1.165) is 38.2 Å². The number of nitrogens with one attached hydrogen (secondary N) is 1. The van der Waals surface area contributed by atoms with E-state index in [1.807, 2.05) is 12.1 Å². The zero-order chi connectivity index (χ0) is 19.1. The third-order valence-electron chi connectivity index (χ3n) is 6.31. The predicted octanol–water partition coefficient (Wildman–Crippen LogP) is 2.87. The van der Waals surface area contributed by atoms with E-state index in [9.17, 15) is 4.79 Å². The van der Waals surface area contributed by atoms with Crippen molar-refractivity contribution < 1.29 is 14.6 Å². The van der Waals surface area contributed by atoms with Crippen molar-refractivity contribution in [1.29, 1.82) is 0 Å². The van der Waals surface area contributed by atoms with Gasteiger partial charge in [0.05, 0.1) is 17.8 Å². The van der Waals surface area contributed by atoms with Gasteiger partial charge in [0.25, 0.3) is 0 Å². The Morgan fingerprint density at radius 3 is 2.61 bits per heavy atom. The number of benzene rings is 2. The Morgan fingerprint density at radius 2 is 1.89 bits per heavy atom. The van der Waals surface area contributed by atoms with Crippen LogP contribution in [0.4, 0.5) is 0 Å². The van der Waals surface area contributed by atoms with Crippen molar-refractivity contribution in [3.63, 3.8) is 0 Å². The molecule has 1 spiro atoms. The Hall–Kier alpha value is -2.21. The van der Waals surface area contributed by atoms with Gasteiger partial charge in [-0.05, 0) is 36.1 Å². The molecule has 5 rings (SSSR count). The summed E-state index contributed by atoms with van der Waals surface area (Å²) < 4.78 is 6.20. The molecular weight excluding hydrogens is 352 g/mol. The minimum Gasteiger partial charge on any atom is -0.478 e. The van der Waals surface area contributed by atoms with Crippen LogP contribution in [0.15, 0.2) is 54.6 Å². The first-order chi connectivity index (χ1) is 13.6. The molecule has 3 aliphatic rings. The number of carboxylic acids is 1. The number of carboxylic acid groups (broad SMARTS) is 1. The van der Waals surface area contributed by atoms with Crippen molar-refractivity contribution in [2.45, 2.75) is 43.0 Å². The van der Waals surface area contributed by atoms with Crippen LogP contribution in [0.3, 0.4) is 0 Å². The summed E-state index contributed by atoms with van der Waals surface area (Å²) in [5.74, 6) is -0.220. The summed E-state index contributed by atoms with van der Waals surface area (Å²) in [6.07, 6.45) is 2.31. The molecule has 0 bridgehead atoms. The highest BCUT2D eigenvalue weighted by Crippen LogP contribution is 2.43. The molecule has 2 N–H and O–H groups in total. The van der Waals surface area contributed by atoms with E-state index < -0.39 is 5.97 Å². The van der Waals surface area contributed by atoms with Gasteiger partial charge in [0.2, 0.25) is 0 Å². The van der Waals surface area contributed by atoms with E-state index in [-0.39, 0.29) is 5.60 Å². The van der Waals surface area contributed by atoms with Gasteiger partial charge in [-0.1, -0.05) is 42.5 Å². The highest BCUT2D eigenvalue weighted by atomic mass is 16.5. The second kappa shape index (κ2) is 6.99. The molecule has 28 heavy (non-hydrogen) atoms. The van der Waals surface area contributed by atoms with Crippen molar-refractivity contribution in [3.8, 4) is 0 Å². The van der Waals surface area contributed by atoms with E-state index >= 15 is 0 Å².